The number of benzene rings is 2. The molecule has 0 fully saturated rings. The Bertz CT molecular complexity index is 517. The van der Waals surface area contributed by atoms with Gasteiger partial charge < -0.3 is 10.5 Å². The van der Waals surface area contributed by atoms with Crippen LogP contribution in [0.3, 0.4) is 0 Å². The lowest BCUT2D eigenvalue weighted by atomic mass is 10.0. The average molecular weight is 263 g/mol. The maximum absolute atomic E-state index is 12.3. The minimum atomic E-state index is -2.41. The topological polar surface area (TPSA) is 35.2 Å². The molecule has 2 nitrogen and oxygen atoms in total. The van der Waals surface area contributed by atoms with E-state index in [0.717, 1.165) is 0 Å². The van der Waals surface area contributed by atoms with Gasteiger partial charge in [-0.3, -0.25) is 0 Å². The van der Waals surface area contributed by atoms with Crippen LogP contribution in [0.5, 0.6) is 11.5 Å². The molecule has 1 atom stereocenters. The lowest BCUT2D eigenvalue weighted by molar-refractivity contribution is 0.128. The molecule has 100 valence electrons. The molecule has 0 radical (unpaired) electrons. The van der Waals surface area contributed by atoms with E-state index in [9.17, 15) is 8.78 Å². The zero-order valence-corrected chi connectivity index (χ0v) is 10.3. The molecule has 0 saturated heterocycles. The summed E-state index contributed by atoms with van der Waals surface area (Å²) in [6, 6.07) is 15.5. The van der Waals surface area contributed by atoms with Crippen LogP contribution in [0.25, 0.3) is 0 Å². The number of rotatable bonds is 5. The second kappa shape index (κ2) is 6.29. The van der Waals surface area contributed by atoms with Crippen LogP contribution in [-0.2, 0) is 0 Å². The molecule has 2 aromatic carbocycles. The van der Waals surface area contributed by atoms with Gasteiger partial charge in [-0.2, -0.15) is 0 Å². The maximum Gasteiger partial charge on any atom is 0.240 e. The summed E-state index contributed by atoms with van der Waals surface area (Å²) in [6.07, 6.45) is -2.76. The zero-order valence-electron chi connectivity index (χ0n) is 10.3. The number of hydrogen-bond donors (Lipinski definition) is 1. The highest BCUT2D eigenvalue weighted by atomic mass is 19.3. The molecule has 2 aromatic rings. The van der Waals surface area contributed by atoms with Crippen molar-refractivity contribution in [1.29, 1.82) is 0 Å². The summed E-state index contributed by atoms with van der Waals surface area (Å²) >= 11 is 0. The van der Waals surface area contributed by atoms with Crippen molar-refractivity contribution in [2.24, 2.45) is 5.73 Å². The lowest BCUT2D eigenvalue weighted by Crippen LogP contribution is -2.13. The molecule has 0 aliphatic carbocycles. The van der Waals surface area contributed by atoms with Crippen LogP contribution in [-0.4, -0.2) is 6.43 Å². The summed E-state index contributed by atoms with van der Waals surface area (Å²) in [5.74, 6) is 1.29. The summed E-state index contributed by atoms with van der Waals surface area (Å²) in [7, 11) is 0. The molecule has 0 aliphatic heterocycles. The van der Waals surface area contributed by atoms with Gasteiger partial charge in [0.2, 0.25) is 6.43 Å². The SMILES string of the molecule is N[C@H](CC(F)F)c1cccc(Oc2ccccc2)c1. The van der Waals surface area contributed by atoms with E-state index in [1.54, 1.807) is 24.3 Å². The molecule has 0 amide bonds. The summed E-state index contributed by atoms with van der Waals surface area (Å²) < 4.78 is 30.2. The molecular weight excluding hydrogens is 248 g/mol. The minimum Gasteiger partial charge on any atom is -0.457 e. The molecular formula is C15H15F2NO. The molecule has 0 unspecified atom stereocenters. The van der Waals surface area contributed by atoms with Crippen molar-refractivity contribution in [2.45, 2.75) is 18.9 Å². The van der Waals surface area contributed by atoms with Gasteiger partial charge in [-0.15, -0.1) is 0 Å². The molecule has 0 heterocycles. The largest absolute Gasteiger partial charge is 0.457 e. The van der Waals surface area contributed by atoms with Gasteiger partial charge in [-0.05, 0) is 29.8 Å². The smallest absolute Gasteiger partial charge is 0.240 e. The van der Waals surface area contributed by atoms with E-state index in [1.807, 2.05) is 30.3 Å². The van der Waals surface area contributed by atoms with E-state index in [2.05, 4.69) is 0 Å². The Hall–Kier alpha value is -1.94. The molecule has 0 saturated carbocycles. The van der Waals surface area contributed by atoms with Gasteiger partial charge in [0.05, 0.1) is 0 Å². The Balaban J connectivity index is 2.11. The first-order valence-electron chi connectivity index (χ1n) is 6.02. The van der Waals surface area contributed by atoms with Gasteiger partial charge in [0.15, 0.2) is 0 Å². The fourth-order valence-corrected chi connectivity index (χ4v) is 1.76. The molecule has 0 aromatic heterocycles. The van der Waals surface area contributed by atoms with Crippen LogP contribution in [0.2, 0.25) is 0 Å². The molecule has 2 rings (SSSR count). The fraction of sp³-hybridized carbons (Fsp3) is 0.200. The van der Waals surface area contributed by atoms with Crippen molar-refractivity contribution in [3.8, 4) is 11.5 Å². The van der Waals surface area contributed by atoms with E-state index in [0.29, 0.717) is 17.1 Å². The van der Waals surface area contributed by atoms with Crippen LogP contribution in [0.15, 0.2) is 54.6 Å². The third-order valence-electron chi connectivity index (χ3n) is 2.70. The summed E-state index contributed by atoms with van der Waals surface area (Å²) in [5.41, 5.74) is 6.37. The van der Waals surface area contributed by atoms with Crippen LogP contribution in [0.1, 0.15) is 18.0 Å². The van der Waals surface area contributed by atoms with Crippen molar-refractivity contribution in [2.75, 3.05) is 0 Å². The predicted octanol–water partition coefficient (Wildman–Crippen LogP) is 4.13. The first-order chi connectivity index (χ1) is 9.15. The van der Waals surface area contributed by atoms with Gasteiger partial charge in [-0.1, -0.05) is 30.3 Å². The first kappa shape index (κ1) is 13.5. The minimum absolute atomic E-state index is 0.352. The predicted molar refractivity (Wildman–Crippen MR) is 70.5 cm³/mol. The van der Waals surface area contributed by atoms with Crippen LogP contribution in [0.4, 0.5) is 8.78 Å². The van der Waals surface area contributed by atoms with Crippen molar-refractivity contribution >= 4 is 0 Å². The van der Waals surface area contributed by atoms with Gasteiger partial charge in [-0.25, -0.2) is 8.78 Å². The average Bonchev–Trinajstić information content (AvgIpc) is 2.39. The van der Waals surface area contributed by atoms with Crippen LogP contribution >= 0.6 is 0 Å². The normalized spacial score (nSPS) is 12.4. The van der Waals surface area contributed by atoms with E-state index in [4.69, 9.17) is 10.5 Å². The van der Waals surface area contributed by atoms with Gasteiger partial charge in [0.1, 0.15) is 11.5 Å². The zero-order chi connectivity index (χ0) is 13.7. The van der Waals surface area contributed by atoms with Crippen molar-refractivity contribution in [3.05, 3.63) is 60.2 Å². The van der Waals surface area contributed by atoms with Gasteiger partial charge in [0.25, 0.3) is 0 Å². The van der Waals surface area contributed by atoms with Crippen LogP contribution < -0.4 is 10.5 Å². The van der Waals surface area contributed by atoms with E-state index in [-0.39, 0.29) is 6.42 Å². The Morgan fingerprint density at radius 2 is 1.63 bits per heavy atom. The van der Waals surface area contributed by atoms with Crippen molar-refractivity contribution in [3.63, 3.8) is 0 Å². The lowest BCUT2D eigenvalue weighted by Gasteiger charge is -2.13. The van der Waals surface area contributed by atoms with Crippen LogP contribution in [0, 0.1) is 0 Å². The number of halogens is 2. The maximum atomic E-state index is 12.3. The number of nitrogens with two attached hydrogens (primary N) is 1. The monoisotopic (exact) mass is 263 g/mol. The first-order valence-corrected chi connectivity index (χ1v) is 6.02. The summed E-state index contributed by atoms with van der Waals surface area (Å²) in [4.78, 5) is 0. The summed E-state index contributed by atoms with van der Waals surface area (Å²) in [5, 5.41) is 0. The van der Waals surface area contributed by atoms with Crippen molar-refractivity contribution in [1.82, 2.24) is 0 Å². The second-order valence-electron chi connectivity index (χ2n) is 4.22. The molecule has 0 spiro atoms. The third kappa shape index (κ3) is 4.03. The molecule has 0 aliphatic rings. The summed E-state index contributed by atoms with van der Waals surface area (Å²) in [6.45, 7) is 0. The Kier molecular flexibility index (Phi) is 4.47. The molecule has 2 N–H and O–H groups in total. The quantitative estimate of drug-likeness (QED) is 0.880. The van der Waals surface area contributed by atoms with Crippen molar-refractivity contribution < 1.29 is 13.5 Å². The Labute approximate surface area is 110 Å². The van der Waals surface area contributed by atoms with Gasteiger partial charge in [0, 0.05) is 12.5 Å². The van der Waals surface area contributed by atoms with E-state index >= 15 is 0 Å². The standard InChI is InChI=1S/C15H15F2NO/c16-15(17)10-14(18)11-5-4-8-13(9-11)19-12-6-2-1-3-7-12/h1-9,14-15H,10,18H2/t14-/m1/s1. The molecule has 4 heteroatoms. The number of para-hydroxylation sites is 1. The second-order valence-corrected chi connectivity index (χ2v) is 4.22. The van der Waals surface area contributed by atoms with E-state index < -0.39 is 12.5 Å². The fourth-order valence-electron chi connectivity index (χ4n) is 1.76. The van der Waals surface area contributed by atoms with E-state index in [1.165, 1.54) is 0 Å². The third-order valence-corrected chi connectivity index (χ3v) is 2.70. The highest BCUT2D eigenvalue weighted by Gasteiger charge is 2.13. The molecule has 0 bridgehead atoms. The highest BCUT2D eigenvalue weighted by molar-refractivity contribution is 5.34. The van der Waals surface area contributed by atoms with Gasteiger partial charge >= 0.3 is 0 Å². The highest BCUT2D eigenvalue weighted by Crippen LogP contribution is 2.25. The Morgan fingerprint density at radius 1 is 0.947 bits per heavy atom. The number of hydrogen-bond acceptors (Lipinski definition) is 2. The Morgan fingerprint density at radius 3 is 2.32 bits per heavy atom. The molecule has 19 heavy (non-hydrogen) atoms. The number of ether oxygens (including phenoxy) is 1. The number of alkyl halides is 2.